The van der Waals surface area contributed by atoms with Crippen molar-refractivity contribution in [1.82, 2.24) is 0 Å². The topological polar surface area (TPSA) is 59.1 Å². The molecule has 0 saturated heterocycles. The molecule has 98 valence electrons. The van der Waals surface area contributed by atoms with Gasteiger partial charge in [0.1, 0.15) is 17.3 Å². The predicted molar refractivity (Wildman–Crippen MR) is 78.7 cm³/mol. The number of halogens is 2. The molecule has 0 aliphatic rings. The van der Waals surface area contributed by atoms with Crippen molar-refractivity contribution in [2.45, 2.75) is 6.92 Å². The number of nitrogens with one attached hydrogen (secondary N) is 1. The van der Waals surface area contributed by atoms with E-state index in [1.165, 1.54) is 0 Å². The van der Waals surface area contributed by atoms with Crippen LogP contribution in [0.25, 0.3) is 0 Å². The SMILES string of the molecule is Cc1ccc(C(=N)N)c(Oc2cc(Cl)ccc2Cl)c1. The Morgan fingerprint density at radius 2 is 1.84 bits per heavy atom. The van der Waals surface area contributed by atoms with Gasteiger partial charge in [0.25, 0.3) is 0 Å². The summed E-state index contributed by atoms with van der Waals surface area (Å²) < 4.78 is 5.73. The van der Waals surface area contributed by atoms with Crippen LogP contribution in [-0.4, -0.2) is 5.84 Å². The Morgan fingerprint density at radius 3 is 2.53 bits per heavy atom. The molecule has 0 atom stereocenters. The monoisotopic (exact) mass is 294 g/mol. The van der Waals surface area contributed by atoms with Gasteiger partial charge in [0.2, 0.25) is 0 Å². The van der Waals surface area contributed by atoms with Gasteiger partial charge >= 0.3 is 0 Å². The molecule has 0 aliphatic heterocycles. The van der Waals surface area contributed by atoms with Crippen molar-refractivity contribution in [3.8, 4) is 11.5 Å². The summed E-state index contributed by atoms with van der Waals surface area (Å²) in [6.45, 7) is 1.93. The molecule has 0 aliphatic carbocycles. The number of hydrogen-bond donors (Lipinski definition) is 2. The fourth-order valence-electron chi connectivity index (χ4n) is 1.61. The van der Waals surface area contributed by atoms with E-state index >= 15 is 0 Å². The van der Waals surface area contributed by atoms with Crippen molar-refractivity contribution in [2.75, 3.05) is 0 Å². The van der Waals surface area contributed by atoms with Gasteiger partial charge in [-0.25, -0.2) is 0 Å². The molecule has 0 radical (unpaired) electrons. The number of nitrogens with two attached hydrogens (primary N) is 1. The number of hydrogen-bond acceptors (Lipinski definition) is 2. The van der Waals surface area contributed by atoms with Crippen molar-refractivity contribution in [3.05, 3.63) is 57.6 Å². The van der Waals surface area contributed by atoms with E-state index in [4.69, 9.17) is 39.1 Å². The standard InChI is InChI=1S/C14H12Cl2N2O/c1-8-2-4-10(14(17)18)12(6-8)19-13-7-9(15)3-5-11(13)16/h2-7H,1H3,(H3,17,18). The Hall–Kier alpha value is -1.71. The maximum absolute atomic E-state index is 7.55. The second-order valence-corrected chi connectivity index (χ2v) is 4.93. The van der Waals surface area contributed by atoms with Gasteiger partial charge < -0.3 is 10.5 Å². The first-order chi connectivity index (χ1) is 8.97. The van der Waals surface area contributed by atoms with Crippen LogP contribution in [0.4, 0.5) is 0 Å². The molecule has 19 heavy (non-hydrogen) atoms. The first-order valence-corrected chi connectivity index (χ1v) is 6.31. The number of rotatable bonds is 3. The van der Waals surface area contributed by atoms with Crippen LogP contribution < -0.4 is 10.5 Å². The highest BCUT2D eigenvalue weighted by Crippen LogP contribution is 2.33. The minimum Gasteiger partial charge on any atom is -0.455 e. The van der Waals surface area contributed by atoms with Crippen LogP contribution in [0.5, 0.6) is 11.5 Å². The molecule has 2 rings (SSSR count). The Morgan fingerprint density at radius 1 is 1.11 bits per heavy atom. The van der Waals surface area contributed by atoms with Gasteiger partial charge in [-0.15, -0.1) is 0 Å². The molecule has 0 heterocycles. The molecular formula is C14H12Cl2N2O. The van der Waals surface area contributed by atoms with Gasteiger partial charge in [-0.1, -0.05) is 29.3 Å². The van der Waals surface area contributed by atoms with E-state index in [0.29, 0.717) is 27.1 Å². The molecule has 5 heteroatoms. The lowest BCUT2D eigenvalue weighted by Crippen LogP contribution is -2.12. The van der Waals surface area contributed by atoms with E-state index in [1.54, 1.807) is 30.3 Å². The Kier molecular flexibility index (Phi) is 3.98. The third-order valence-electron chi connectivity index (χ3n) is 2.54. The van der Waals surface area contributed by atoms with E-state index in [9.17, 15) is 0 Å². The maximum Gasteiger partial charge on any atom is 0.147 e. The van der Waals surface area contributed by atoms with Crippen LogP contribution in [0, 0.1) is 12.3 Å². The lowest BCUT2D eigenvalue weighted by atomic mass is 10.1. The van der Waals surface area contributed by atoms with E-state index < -0.39 is 0 Å². The lowest BCUT2D eigenvalue weighted by Gasteiger charge is -2.12. The predicted octanol–water partition coefficient (Wildman–Crippen LogP) is 4.38. The molecule has 0 unspecified atom stereocenters. The number of aryl methyl sites for hydroxylation is 1. The average molecular weight is 295 g/mol. The van der Waals surface area contributed by atoms with Crippen LogP contribution in [0.3, 0.4) is 0 Å². The Balaban J connectivity index is 2.45. The highest BCUT2D eigenvalue weighted by molar-refractivity contribution is 6.34. The van der Waals surface area contributed by atoms with E-state index in [1.807, 2.05) is 13.0 Å². The van der Waals surface area contributed by atoms with E-state index in [0.717, 1.165) is 5.56 Å². The first-order valence-electron chi connectivity index (χ1n) is 5.55. The largest absolute Gasteiger partial charge is 0.455 e. The summed E-state index contributed by atoms with van der Waals surface area (Å²) in [6.07, 6.45) is 0. The molecule has 0 amide bonds. The van der Waals surface area contributed by atoms with Crippen LogP contribution in [0.15, 0.2) is 36.4 Å². The molecule has 0 aromatic heterocycles. The third kappa shape index (κ3) is 3.19. The molecule has 2 aromatic carbocycles. The molecule has 3 nitrogen and oxygen atoms in total. The Labute approximate surface area is 121 Å². The van der Waals surface area contributed by atoms with Crippen LogP contribution >= 0.6 is 23.2 Å². The molecule has 0 fully saturated rings. The summed E-state index contributed by atoms with van der Waals surface area (Å²) in [5.74, 6) is 0.854. The first kappa shape index (κ1) is 13.7. The van der Waals surface area contributed by atoms with Crippen LogP contribution in [0.1, 0.15) is 11.1 Å². The van der Waals surface area contributed by atoms with Crippen molar-refractivity contribution in [1.29, 1.82) is 5.41 Å². The summed E-state index contributed by atoms with van der Waals surface area (Å²) >= 11 is 12.0. The van der Waals surface area contributed by atoms with Gasteiger partial charge in [-0.05, 0) is 36.8 Å². The van der Waals surface area contributed by atoms with Crippen molar-refractivity contribution < 1.29 is 4.74 Å². The molecule has 0 spiro atoms. The van der Waals surface area contributed by atoms with Gasteiger partial charge in [-0.2, -0.15) is 0 Å². The van der Waals surface area contributed by atoms with E-state index in [2.05, 4.69) is 0 Å². The summed E-state index contributed by atoms with van der Waals surface area (Å²) in [7, 11) is 0. The zero-order valence-electron chi connectivity index (χ0n) is 10.2. The highest BCUT2D eigenvalue weighted by atomic mass is 35.5. The third-order valence-corrected chi connectivity index (χ3v) is 3.09. The van der Waals surface area contributed by atoms with E-state index in [-0.39, 0.29) is 5.84 Å². The minimum absolute atomic E-state index is 0.0619. The molecule has 0 bridgehead atoms. The van der Waals surface area contributed by atoms with Crippen LogP contribution in [-0.2, 0) is 0 Å². The van der Waals surface area contributed by atoms with Gasteiger partial charge in [0.15, 0.2) is 0 Å². The van der Waals surface area contributed by atoms with Gasteiger partial charge in [-0.3, -0.25) is 5.41 Å². The average Bonchev–Trinajstić information content (AvgIpc) is 2.33. The van der Waals surface area contributed by atoms with Crippen molar-refractivity contribution >= 4 is 29.0 Å². The zero-order valence-corrected chi connectivity index (χ0v) is 11.7. The fraction of sp³-hybridized carbons (Fsp3) is 0.0714. The van der Waals surface area contributed by atoms with Crippen LogP contribution in [0.2, 0.25) is 10.0 Å². The summed E-state index contributed by atoms with van der Waals surface area (Å²) in [5, 5.41) is 8.52. The quantitative estimate of drug-likeness (QED) is 0.652. The summed E-state index contributed by atoms with van der Waals surface area (Å²) in [5.41, 5.74) is 7.04. The zero-order chi connectivity index (χ0) is 14.0. The smallest absolute Gasteiger partial charge is 0.147 e. The maximum atomic E-state index is 7.55. The normalized spacial score (nSPS) is 10.3. The van der Waals surface area contributed by atoms with Crippen molar-refractivity contribution in [2.24, 2.45) is 5.73 Å². The van der Waals surface area contributed by atoms with Crippen molar-refractivity contribution in [3.63, 3.8) is 0 Å². The number of amidine groups is 1. The lowest BCUT2D eigenvalue weighted by molar-refractivity contribution is 0.481. The molecular weight excluding hydrogens is 283 g/mol. The second kappa shape index (κ2) is 5.51. The minimum atomic E-state index is -0.0619. The molecule has 3 N–H and O–H groups in total. The molecule has 0 saturated carbocycles. The van der Waals surface area contributed by atoms with Gasteiger partial charge in [0, 0.05) is 11.1 Å². The highest BCUT2D eigenvalue weighted by Gasteiger charge is 2.10. The second-order valence-electron chi connectivity index (χ2n) is 4.09. The molecule has 2 aromatic rings. The number of benzene rings is 2. The number of ether oxygens (including phenoxy) is 1. The fourth-order valence-corrected chi connectivity index (χ4v) is 1.93. The Bertz CT molecular complexity index is 641. The summed E-state index contributed by atoms with van der Waals surface area (Å²) in [6, 6.07) is 10.4. The number of nitrogen functional groups attached to an aromatic ring is 1. The summed E-state index contributed by atoms with van der Waals surface area (Å²) in [4.78, 5) is 0. The van der Waals surface area contributed by atoms with Gasteiger partial charge in [0.05, 0.1) is 10.6 Å².